The van der Waals surface area contributed by atoms with Gasteiger partial charge in [0.05, 0.1) is 5.60 Å². The molecule has 1 fully saturated rings. The van der Waals surface area contributed by atoms with Gasteiger partial charge in [0.15, 0.2) is 5.13 Å². The third-order valence-electron chi connectivity index (χ3n) is 4.50. The molecule has 0 atom stereocenters. The van der Waals surface area contributed by atoms with Gasteiger partial charge in [-0.25, -0.2) is 9.78 Å². The zero-order chi connectivity index (χ0) is 17.2. The van der Waals surface area contributed by atoms with Crippen LogP contribution in [0.1, 0.15) is 43.0 Å². The van der Waals surface area contributed by atoms with Crippen molar-refractivity contribution in [3.63, 3.8) is 0 Å². The Morgan fingerprint density at radius 2 is 1.96 bits per heavy atom. The minimum Gasteiger partial charge on any atom is -0.385 e. The standard InChI is InChI=1S/C18H23N3O2S/c1-13(2)15-12-19-16(24-15)20-17(22)21-10-8-18(23,9-11-21)14-6-4-3-5-7-14/h3-7,12-13,23H,8-11H2,1-2H3,(H,19,20,22). The van der Waals surface area contributed by atoms with Crippen molar-refractivity contribution in [3.8, 4) is 0 Å². The molecule has 1 aromatic heterocycles. The fraction of sp³-hybridized carbons (Fsp3) is 0.444. The largest absolute Gasteiger partial charge is 0.385 e. The van der Waals surface area contributed by atoms with Crippen LogP contribution in [0.15, 0.2) is 36.5 Å². The lowest BCUT2D eigenvalue weighted by atomic mass is 9.84. The maximum Gasteiger partial charge on any atom is 0.323 e. The highest BCUT2D eigenvalue weighted by atomic mass is 32.1. The Bertz CT molecular complexity index is 691. The van der Waals surface area contributed by atoms with E-state index in [0.717, 1.165) is 10.4 Å². The van der Waals surface area contributed by atoms with E-state index in [1.807, 2.05) is 36.5 Å². The number of carbonyl (C=O) groups excluding carboxylic acids is 1. The van der Waals surface area contributed by atoms with Gasteiger partial charge < -0.3 is 10.0 Å². The molecule has 2 amide bonds. The van der Waals surface area contributed by atoms with Gasteiger partial charge in [0.1, 0.15) is 0 Å². The van der Waals surface area contributed by atoms with Crippen LogP contribution in [-0.2, 0) is 5.60 Å². The predicted octanol–water partition coefficient (Wildman–Crippen LogP) is 3.78. The number of nitrogens with one attached hydrogen (secondary N) is 1. The van der Waals surface area contributed by atoms with Gasteiger partial charge in [-0.2, -0.15) is 0 Å². The van der Waals surface area contributed by atoms with E-state index >= 15 is 0 Å². The van der Waals surface area contributed by atoms with Gasteiger partial charge >= 0.3 is 6.03 Å². The number of piperidine rings is 1. The van der Waals surface area contributed by atoms with Crippen molar-refractivity contribution >= 4 is 22.5 Å². The molecule has 6 heteroatoms. The van der Waals surface area contributed by atoms with E-state index < -0.39 is 5.60 Å². The van der Waals surface area contributed by atoms with Crippen molar-refractivity contribution < 1.29 is 9.90 Å². The molecule has 24 heavy (non-hydrogen) atoms. The number of thiazole rings is 1. The highest BCUT2D eigenvalue weighted by Gasteiger charge is 2.35. The summed E-state index contributed by atoms with van der Waals surface area (Å²) < 4.78 is 0. The number of benzene rings is 1. The number of rotatable bonds is 3. The summed E-state index contributed by atoms with van der Waals surface area (Å²) in [6, 6.07) is 9.55. The molecule has 1 saturated heterocycles. The second kappa shape index (κ2) is 6.91. The fourth-order valence-corrected chi connectivity index (χ4v) is 3.71. The monoisotopic (exact) mass is 345 g/mol. The summed E-state index contributed by atoms with van der Waals surface area (Å²) in [5.74, 6) is 0.406. The molecule has 0 unspecified atom stereocenters. The summed E-state index contributed by atoms with van der Waals surface area (Å²) in [6.07, 6.45) is 2.90. The van der Waals surface area contributed by atoms with Crippen LogP contribution >= 0.6 is 11.3 Å². The molecule has 0 spiro atoms. The minimum atomic E-state index is -0.843. The molecule has 0 saturated carbocycles. The van der Waals surface area contributed by atoms with E-state index in [9.17, 15) is 9.90 Å². The van der Waals surface area contributed by atoms with Gasteiger partial charge in [0, 0.05) is 24.2 Å². The number of urea groups is 1. The van der Waals surface area contributed by atoms with Crippen LogP contribution in [0.2, 0.25) is 0 Å². The Hall–Kier alpha value is -1.92. The van der Waals surface area contributed by atoms with Gasteiger partial charge in [0.25, 0.3) is 0 Å². The van der Waals surface area contributed by atoms with Crippen molar-refractivity contribution in [2.24, 2.45) is 0 Å². The average molecular weight is 345 g/mol. The Morgan fingerprint density at radius 1 is 1.29 bits per heavy atom. The maximum absolute atomic E-state index is 12.4. The molecule has 0 aliphatic carbocycles. The van der Waals surface area contributed by atoms with Crippen molar-refractivity contribution in [3.05, 3.63) is 47.0 Å². The third kappa shape index (κ3) is 3.60. The molecule has 3 rings (SSSR count). The highest BCUT2D eigenvalue weighted by molar-refractivity contribution is 7.15. The lowest BCUT2D eigenvalue weighted by molar-refractivity contribution is -0.0156. The van der Waals surface area contributed by atoms with Crippen molar-refractivity contribution in [2.45, 2.75) is 38.2 Å². The molecule has 1 aliphatic heterocycles. The van der Waals surface area contributed by atoms with E-state index in [-0.39, 0.29) is 6.03 Å². The predicted molar refractivity (Wildman–Crippen MR) is 96.4 cm³/mol. The molecule has 2 N–H and O–H groups in total. The van der Waals surface area contributed by atoms with Gasteiger partial charge in [-0.15, -0.1) is 11.3 Å². The van der Waals surface area contributed by atoms with E-state index in [1.165, 1.54) is 11.3 Å². The van der Waals surface area contributed by atoms with Gasteiger partial charge in [-0.1, -0.05) is 44.2 Å². The number of hydrogen-bond donors (Lipinski definition) is 2. The zero-order valence-corrected chi connectivity index (χ0v) is 14.8. The fourth-order valence-electron chi connectivity index (χ4n) is 2.90. The first kappa shape index (κ1) is 16.9. The first-order valence-corrected chi connectivity index (χ1v) is 9.09. The first-order valence-electron chi connectivity index (χ1n) is 8.27. The second-order valence-electron chi connectivity index (χ2n) is 6.54. The van der Waals surface area contributed by atoms with Gasteiger partial charge in [-0.05, 0) is 24.3 Å². The average Bonchev–Trinajstić information content (AvgIpc) is 3.05. The zero-order valence-electron chi connectivity index (χ0n) is 14.0. The number of anilines is 1. The maximum atomic E-state index is 12.4. The van der Waals surface area contributed by atoms with Crippen LogP contribution < -0.4 is 5.32 Å². The molecule has 1 aromatic carbocycles. The Morgan fingerprint density at radius 3 is 2.54 bits per heavy atom. The van der Waals surface area contributed by atoms with Gasteiger partial charge in [-0.3, -0.25) is 5.32 Å². The summed E-state index contributed by atoms with van der Waals surface area (Å²) in [5, 5.41) is 14.3. The van der Waals surface area contributed by atoms with E-state index in [2.05, 4.69) is 24.1 Å². The van der Waals surface area contributed by atoms with Crippen molar-refractivity contribution in [1.82, 2.24) is 9.88 Å². The lowest BCUT2D eigenvalue weighted by Gasteiger charge is -2.38. The number of amides is 2. The molecule has 128 valence electrons. The molecular formula is C18H23N3O2S. The Kier molecular flexibility index (Phi) is 4.87. The topological polar surface area (TPSA) is 65.5 Å². The third-order valence-corrected chi connectivity index (χ3v) is 5.71. The van der Waals surface area contributed by atoms with Crippen LogP contribution in [0.25, 0.3) is 0 Å². The quantitative estimate of drug-likeness (QED) is 0.890. The molecule has 0 radical (unpaired) electrons. The van der Waals surface area contributed by atoms with Crippen LogP contribution in [0.5, 0.6) is 0 Å². The van der Waals surface area contributed by atoms with Crippen molar-refractivity contribution in [1.29, 1.82) is 0 Å². The normalized spacial score (nSPS) is 17.1. The smallest absolute Gasteiger partial charge is 0.323 e. The highest BCUT2D eigenvalue weighted by Crippen LogP contribution is 2.33. The molecule has 2 aromatic rings. The molecular weight excluding hydrogens is 322 g/mol. The van der Waals surface area contributed by atoms with E-state index in [4.69, 9.17) is 0 Å². The van der Waals surface area contributed by atoms with Crippen molar-refractivity contribution in [2.75, 3.05) is 18.4 Å². The Balaban J connectivity index is 1.59. The molecule has 2 heterocycles. The number of likely N-dealkylation sites (tertiary alicyclic amines) is 1. The van der Waals surface area contributed by atoms with Crippen LogP contribution in [0, 0.1) is 0 Å². The number of nitrogens with zero attached hydrogens (tertiary/aromatic N) is 2. The molecule has 5 nitrogen and oxygen atoms in total. The van der Waals surface area contributed by atoms with Crippen LogP contribution in [-0.4, -0.2) is 34.1 Å². The summed E-state index contributed by atoms with van der Waals surface area (Å²) in [7, 11) is 0. The minimum absolute atomic E-state index is 0.144. The molecule has 1 aliphatic rings. The summed E-state index contributed by atoms with van der Waals surface area (Å²) in [4.78, 5) is 19.6. The summed E-state index contributed by atoms with van der Waals surface area (Å²) >= 11 is 1.51. The SMILES string of the molecule is CC(C)c1cnc(NC(=O)N2CCC(O)(c3ccccc3)CC2)s1. The molecule has 0 bridgehead atoms. The number of carbonyl (C=O) groups is 1. The van der Waals surface area contributed by atoms with Gasteiger partial charge in [0.2, 0.25) is 0 Å². The number of aliphatic hydroxyl groups is 1. The second-order valence-corrected chi connectivity index (χ2v) is 7.60. The lowest BCUT2D eigenvalue weighted by Crippen LogP contribution is -2.46. The summed E-state index contributed by atoms with van der Waals surface area (Å²) in [5.41, 5.74) is 0.0795. The summed E-state index contributed by atoms with van der Waals surface area (Å²) in [6.45, 7) is 5.27. The Labute approximate surface area is 146 Å². The van der Waals surface area contributed by atoms with Crippen LogP contribution in [0.4, 0.5) is 9.93 Å². The number of aromatic nitrogens is 1. The van der Waals surface area contributed by atoms with E-state index in [1.54, 1.807) is 4.90 Å². The van der Waals surface area contributed by atoms with E-state index in [0.29, 0.717) is 37.0 Å². The van der Waals surface area contributed by atoms with Crippen LogP contribution in [0.3, 0.4) is 0 Å². The first-order chi connectivity index (χ1) is 11.5. The number of hydrogen-bond acceptors (Lipinski definition) is 4.